The lowest BCUT2D eigenvalue weighted by Crippen LogP contribution is -2.50. The van der Waals surface area contributed by atoms with Crippen molar-refractivity contribution in [2.24, 2.45) is 0 Å². The molecule has 1 aromatic rings. The lowest BCUT2D eigenvalue weighted by molar-refractivity contribution is -0.0337. The summed E-state index contributed by atoms with van der Waals surface area (Å²) in [7, 11) is 2.18. The van der Waals surface area contributed by atoms with Gasteiger partial charge in [-0.1, -0.05) is 37.3 Å². The SMILES string of the molecule is C#Cc1cccc(C(CN2CCN(C)CC2)C2(O)CCCCC2)c1.Cl.Cl. The molecular weight excluding hydrogens is 367 g/mol. The number of halogens is 2. The highest BCUT2D eigenvalue weighted by atomic mass is 35.5. The van der Waals surface area contributed by atoms with Crippen LogP contribution in [0.25, 0.3) is 0 Å². The Labute approximate surface area is 171 Å². The molecule has 1 N–H and O–H groups in total. The molecule has 146 valence electrons. The van der Waals surface area contributed by atoms with Crippen LogP contribution in [0.5, 0.6) is 0 Å². The number of hydrogen-bond acceptors (Lipinski definition) is 3. The van der Waals surface area contributed by atoms with Crippen LogP contribution in [0.4, 0.5) is 0 Å². The Kier molecular flexibility index (Phi) is 9.44. The number of hydrogen-bond donors (Lipinski definition) is 1. The lowest BCUT2D eigenvalue weighted by Gasteiger charge is -2.43. The maximum absolute atomic E-state index is 11.4. The standard InChI is InChI=1S/C21H30N2O.2ClH/c1-3-18-8-7-9-19(16-18)20(21(24)10-5-4-6-11-21)17-23-14-12-22(2)13-15-23;;/h1,7-9,16,20,24H,4-6,10-15,17H2,2H3;2*1H. The number of terminal acetylenes is 1. The third-order valence-electron chi connectivity index (χ3n) is 5.86. The average Bonchev–Trinajstić information content (AvgIpc) is 2.61. The van der Waals surface area contributed by atoms with E-state index in [2.05, 4.69) is 34.9 Å². The largest absolute Gasteiger partial charge is 0.389 e. The van der Waals surface area contributed by atoms with Crippen molar-refractivity contribution in [1.29, 1.82) is 0 Å². The quantitative estimate of drug-likeness (QED) is 0.785. The fourth-order valence-corrected chi connectivity index (χ4v) is 4.23. The predicted octanol–water partition coefficient (Wildman–Crippen LogP) is 3.54. The van der Waals surface area contributed by atoms with Gasteiger partial charge in [-0.15, -0.1) is 31.2 Å². The molecule has 2 fully saturated rings. The summed E-state index contributed by atoms with van der Waals surface area (Å²) in [6.07, 6.45) is 10.9. The number of nitrogens with zero attached hydrogens (tertiary/aromatic N) is 2. The van der Waals surface area contributed by atoms with Gasteiger partial charge in [0.25, 0.3) is 0 Å². The Hall–Kier alpha value is -0.760. The maximum atomic E-state index is 11.4. The minimum Gasteiger partial charge on any atom is -0.389 e. The predicted molar refractivity (Wildman–Crippen MR) is 114 cm³/mol. The van der Waals surface area contributed by atoms with Gasteiger partial charge < -0.3 is 14.9 Å². The molecular formula is C21H32Cl2N2O. The molecule has 0 bridgehead atoms. The Bertz CT molecular complexity index is 588. The minimum atomic E-state index is -0.588. The molecule has 1 aromatic carbocycles. The van der Waals surface area contributed by atoms with Gasteiger partial charge in [0.1, 0.15) is 0 Å². The third kappa shape index (κ3) is 5.62. The monoisotopic (exact) mass is 398 g/mol. The van der Waals surface area contributed by atoms with Gasteiger partial charge in [-0.3, -0.25) is 0 Å². The van der Waals surface area contributed by atoms with Crippen molar-refractivity contribution >= 4 is 24.8 Å². The highest BCUT2D eigenvalue weighted by molar-refractivity contribution is 5.85. The van der Waals surface area contributed by atoms with Crippen molar-refractivity contribution in [3.63, 3.8) is 0 Å². The molecule has 0 amide bonds. The van der Waals surface area contributed by atoms with Gasteiger partial charge >= 0.3 is 0 Å². The fourth-order valence-electron chi connectivity index (χ4n) is 4.23. The summed E-state index contributed by atoms with van der Waals surface area (Å²) >= 11 is 0. The van der Waals surface area contributed by atoms with E-state index in [4.69, 9.17) is 6.42 Å². The molecule has 1 atom stereocenters. The molecule has 2 aliphatic rings. The number of rotatable bonds is 4. The van der Waals surface area contributed by atoms with E-state index in [1.54, 1.807) is 0 Å². The zero-order valence-electron chi connectivity index (χ0n) is 15.7. The summed E-state index contributed by atoms with van der Waals surface area (Å²) in [6.45, 7) is 5.30. The Balaban J connectivity index is 0.00000169. The van der Waals surface area contributed by atoms with Crippen molar-refractivity contribution in [2.45, 2.75) is 43.6 Å². The molecule has 0 radical (unpaired) electrons. The Morgan fingerprint density at radius 3 is 2.38 bits per heavy atom. The van der Waals surface area contributed by atoms with Gasteiger partial charge in [0, 0.05) is 44.2 Å². The van der Waals surface area contributed by atoms with Crippen LogP contribution in [0, 0.1) is 12.3 Å². The van der Waals surface area contributed by atoms with Crippen molar-refractivity contribution in [3.8, 4) is 12.3 Å². The Morgan fingerprint density at radius 1 is 1.12 bits per heavy atom. The highest BCUT2D eigenvalue weighted by Gasteiger charge is 2.39. The molecule has 0 spiro atoms. The van der Waals surface area contributed by atoms with E-state index < -0.39 is 5.60 Å². The van der Waals surface area contributed by atoms with Gasteiger partial charge in [0.05, 0.1) is 5.60 Å². The fraction of sp³-hybridized carbons (Fsp3) is 0.619. The van der Waals surface area contributed by atoms with Crippen LogP contribution >= 0.6 is 24.8 Å². The zero-order valence-corrected chi connectivity index (χ0v) is 17.3. The number of aliphatic hydroxyl groups is 1. The van der Waals surface area contributed by atoms with E-state index in [1.165, 1.54) is 12.0 Å². The first-order valence-corrected chi connectivity index (χ1v) is 9.30. The minimum absolute atomic E-state index is 0. The summed E-state index contributed by atoms with van der Waals surface area (Å²) in [4.78, 5) is 4.89. The van der Waals surface area contributed by atoms with Crippen LogP contribution < -0.4 is 0 Å². The van der Waals surface area contributed by atoms with Gasteiger partial charge in [-0.2, -0.15) is 0 Å². The lowest BCUT2D eigenvalue weighted by atomic mass is 9.72. The van der Waals surface area contributed by atoms with Crippen LogP contribution in [-0.2, 0) is 0 Å². The molecule has 26 heavy (non-hydrogen) atoms. The Morgan fingerprint density at radius 2 is 1.77 bits per heavy atom. The van der Waals surface area contributed by atoms with Crippen LogP contribution in [0.3, 0.4) is 0 Å². The van der Waals surface area contributed by atoms with E-state index >= 15 is 0 Å². The second-order valence-corrected chi connectivity index (χ2v) is 7.59. The highest BCUT2D eigenvalue weighted by Crippen LogP contribution is 2.40. The number of benzene rings is 1. The van der Waals surface area contributed by atoms with Crippen molar-refractivity contribution in [3.05, 3.63) is 35.4 Å². The van der Waals surface area contributed by atoms with Crippen molar-refractivity contribution in [2.75, 3.05) is 39.8 Å². The third-order valence-corrected chi connectivity index (χ3v) is 5.86. The second-order valence-electron chi connectivity index (χ2n) is 7.59. The van der Waals surface area contributed by atoms with E-state index in [0.29, 0.717) is 0 Å². The molecule has 0 aromatic heterocycles. The molecule has 3 rings (SSSR count). The number of piperazine rings is 1. The first-order chi connectivity index (χ1) is 11.6. The van der Waals surface area contributed by atoms with Gasteiger partial charge in [-0.25, -0.2) is 0 Å². The molecule has 1 aliphatic carbocycles. The zero-order chi connectivity index (χ0) is 17.0. The molecule has 1 heterocycles. The first-order valence-electron chi connectivity index (χ1n) is 9.30. The maximum Gasteiger partial charge on any atom is 0.0728 e. The second kappa shape index (κ2) is 10.5. The summed E-state index contributed by atoms with van der Waals surface area (Å²) in [6, 6.07) is 8.26. The molecule has 1 unspecified atom stereocenters. The first kappa shape index (κ1) is 23.3. The van der Waals surface area contributed by atoms with Gasteiger partial charge in [-0.05, 0) is 37.6 Å². The summed E-state index contributed by atoms with van der Waals surface area (Å²) in [5, 5.41) is 11.4. The van der Waals surface area contributed by atoms with Crippen molar-refractivity contribution < 1.29 is 5.11 Å². The number of likely N-dealkylation sites (N-methyl/N-ethyl adjacent to an activating group) is 1. The van der Waals surface area contributed by atoms with E-state index in [9.17, 15) is 5.11 Å². The smallest absolute Gasteiger partial charge is 0.0728 e. The van der Waals surface area contributed by atoms with Crippen molar-refractivity contribution in [1.82, 2.24) is 9.80 Å². The topological polar surface area (TPSA) is 26.7 Å². The molecule has 1 saturated heterocycles. The van der Waals surface area contributed by atoms with Crippen LogP contribution in [0.1, 0.15) is 49.1 Å². The normalized spacial score (nSPS) is 21.7. The molecule has 3 nitrogen and oxygen atoms in total. The van der Waals surface area contributed by atoms with Gasteiger partial charge in [0.15, 0.2) is 0 Å². The van der Waals surface area contributed by atoms with E-state index in [-0.39, 0.29) is 30.7 Å². The van der Waals surface area contributed by atoms with E-state index in [0.717, 1.165) is 64.0 Å². The summed E-state index contributed by atoms with van der Waals surface area (Å²) < 4.78 is 0. The van der Waals surface area contributed by atoms with Gasteiger partial charge in [0.2, 0.25) is 0 Å². The van der Waals surface area contributed by atoms with E-state index in [1.807, 2.05) is 12.1 Å². The van der Waals surface area contributed by atoms with Crippen LogP contribution in [-0.4, -0.2) is 60.3 Å². The molecule has 5 heteroatoms. The molecule has 1 saturated carbocycles. The summed E-state index contributed by atoms with van der Waals surface area (Å²) in [5.74, 6) is 2.89. The van der Waals surface area contributed by atoms with Crippen LogP contribution in [0.2, 0.25) is 0 Å². The molecule has 1 aliphatic heterocycles. The van der Waals surface area contributed by atoms with Crippen LogP contribution in [0.15, 0.2) is 24.3 Å². The summed E-state index contributed by atoms with van der Waals surface area (Å²) in [5.41, 5.74) is 1.53. The average molecular weight is 399 g/mol.